The van der Waals surface area contributed by atoms with Gasteiger partial charge in [0.15, 0.2) is 0 Å². The highest BCUT2D eigenvalue weighted by molar-refractivity contribution is 4.84. The minimum absolute atomic E-state index is 0.393. The predicted octanol–water partition coefficient (Wildman–Crippen LogP) is 1.22. The minimum Gasteiger partial charge on any atom is -0.377 e. The van der Waals surface area contributed by atoms with E-state index in [-0.39, 0.29) is 0 Å². The van der Waals surface area contributed by atoms with Gasteiger partial charge in [0.05, 0.1) is 6.10 Å². The van der Waals surface area contributed by atoms with E-state index in [4.69, 9.17) is 10.5 Å². The van der Waals surface area contributed by atoms with Gasteiger partial charge in [0.25, 0.3) is 0 Å². The molecule has 3 heteroatoms. The second kappa shape index (κ2) is 5.28. The van der Waals surface area contributed by atoms with Crippen molar-refractivity contribution in [2.24, 2.45) is 11.7 Å². The number of hydrogen-bond acceptors (Lipinski definition) is 3. The first-order valence-corrected chi connectivity index (χ1v) is 6.35. The smallest absolute Gasteiger partial charge is 0.0673 e. The molecule has 2 atom stereocenters. The van der Waals surface area contributed by atoms with Crippen LogP contribution in [-0.4, -0.2) is 43.3 Å². The fourth-order valence-electron chi connectivity index (χ4n) is 2.38. The summed E-state index contributed by atoms with van der Waals surface area (Å²) in [6.45, 7) is 6.51. The molecule has 3 nitrogen and oxygen atoms in total. The highest BCUT2D eigenvalue weighted by Gasteiger charge is 2.28. The van der Waals surface area contributed by atoms with Crippen molar-refractivity contribution in [2.75, 3.05) is 26.2 Å². The van der Waals surface area contributed by atoms with Crippen molar-refractivity contribution in [1.82, 2.24) is 4.90 Å². The number of nitrogens with two attached hydrogens (primary N) is 1. The summed E-state index contributed by atoms with van der Waals surface area (Å²) >= 11 is 0. The van der Waals surface area contributed by atoms with Gasteiger partial charge in [-0.15, -0.1) is 0 Å². The molecule has 2 N–H and O–H groups in total. The lowest BCUT2D eigenvalue weighted by molar-refractivity contribution is 0.0673. The largest absolute Gasteiger partial charge is 0.377 e. The second-order valence-corrected chi connectivity index (χ2v) is 5.13. The highest BCUT2D eigenvalue weighted by atomic mass is 16.5. The Labute approximate surface area is 93.0 Å². The first kappa shape index (κ1) is 11.4. The molecular weight excluding hydrogens is 188 g/mol. The van der Waals surface area contributed by atoms with E-state index < -0.39 is 0 Å². The Morgan fingerprint density at radius 1 is 1.47 bits per heavy atom. The topological polar surface area (TPSA) is 38.5 Å². The number of ether oxygens (including phenoxy) is 1. The molecule has 0 aromatic rings. The number of nitrogens with zero attached hydrogens (tertiary/aromatic N) is 1. The number of hydrogen-bond donors (Lipinski definition) is 1. The average Bonchev–Trinajstić information content (AvgIpc) is 3.01. The quantitative estimate of drug-likeness (QED) is 0.761. The molecule has 0 spiro atoms. The van der Waals surface area contributed by atoms with Crippen molar-refractivity contribution in [3.05, 3.63) is 0 Å². The maximum absolute atomic E-state index is 6.11. The van der Waals surface area contributed by atoms with Crippen LogP contribution in [-0.2, 0) is 4.74 Å². The zero-order chi connectivity index (χ0) is 10.7. The summed E-state index contributed by atoms with van der Waals surface area (Å²) in [5, 5.41) is 0. The monoisotopic (exact) mass is 212 g/mol. The van der Waals surface area contributed by atoms with Crippen LogP contribution in [0.3, 0.4) is 0 Å². The van der Waals surface area contributed by atoms with Gasteiger partial charge in [-0.1, -0.05) is 0 Å². The molecule has 2 unspecified atom stereocenters. The minimum atomic E-state index is 0.393. The Morgan fingerprint density at radius 3 is 3.00 bits per heavy atom. The van der Waals surface area contributed by atoms with Crippen molar-refractivity contribution in [3.8, 4) is 0 Å². The van der Waals surface area contributed by atoms with Crippen LogP contribution in [0, 0.1) is 5.92 Å². The van der Waals surface area contributed by atoms with Crippen LogP contribution in [0.5, 0.6) is 0 Å². The second-order valence-electron chi connectivity index (χ2n) is 5.13. The van der Waals surface area contributed by atoms with Crippen molar-refractivity contribution in [3.63, 3.8) is 0 Å². The van der Waals surface area contributed by atoms with Gasteiger partial charge in [0.1, 0.15) is 0 Å². The van der Waals surface area contributed by atoms with Crippen LogP contribution in [0.2, 0.25) is 0 Å². The standard InChI is InChI=1S/C12H24N2O/c1-10-9-14(6-2-8-15-10)7-5-12(13)11-3-4-11/h10-12H,2-9,13H2,1H3. The van der Waals surface area contributed by atoms with E-state index >= 15 is 0 Å². The van der Waals surface area contributed by atoms with Gasteiger partial charge in [-0.3, -0.25) is 0 Å². The van der Waals surface area contributed by atoms with E-state index in [1.165, 1.54) is 25.8 Å². The summed E-state index contributed by atoms with van der Waals surface area (Å²) in [4.78, 5) is 2.51. The van der Waals surface area contributed by atoms with Crippen LogP contribution >= 0.6 is 0 Å². The molecule has 1 aliphatic carbocycles. The average molecular weight is 212 g/mol. The molecule has 2 aliphatic rings. The zero-order valence-electron chi connectivity index (χ0n) is 9.82. The Morgan fingerprint density at radius 2 is 2.27 bits per heavy atom. The van der Waals surface area contributed by atoms with E-state index in [9.17, 15) is 0 Å². The van der Waals surface area contributed by atoms with Crippen molar-refractivity contribution in [1.29, 1.82) is 0 Å². The zero-order valence-corrected chi connectivity index (χ0v) is 9.82. The molecule has 0 amide bonds. The Balaban J connectivity index is 1.67. The van der Waals surface area contributed by atoms with E-state index in [1.807, 2.05) is 0 Å². The van der Waals surface area contributed by atoms with E-state index in [2.05, 4.69) is 11.8 Å². The van der Waals surface area contributed by atoms with Crippen LogP contribution in [0.25, 0.3) is 0 Å². The maximum atomic E-state index is 6.11. The maximum Gasteiger partial charge on any atom is 0.0673 e. The molecule has 1 heterocycles. The molecule has 0 radical (unpaired) electrons. The van der Waals surface area contributed by atoms with Gasteiger partial charge in [-0.2, -0.15) is 0 Å². The molecule has 2 fully saturated rings. The summed E-state index contributed by atoms with van der Waals surface area (Å²) in [5.41, 5.74) is 6.11. The molecule has 0 bridgehead atoms. The molecule has 1 saturated heterocycles. The van der Waals surface area contributed by atoms with Crippen LogP contribution < -0.4 is 5.73 Å². The summed E-state index contributed by atoms with van der Waals surface area (Å²) in [6, 6.07) is 0.449. The van der Waals surface area contributed by atoms with Crippen molar-refractivity contribution in [2.45, 2.75) is 44.8 Å². The van der Waals surface area contributed by atoms with Crippen LogP contribution in [0.4, 0.5) is 0 Å². The third-order valence-electron chi connectivity index (χ3n) is 3.54. The molecule has 0 aromatic heterocycles. The lowest BCUT2D eigenvalue weighted by atomic mass is 10.1. The van der Waals surface area contributed by atoms with Gasteiger partial charge in [-0.05, 0) is 45.1 Å². The van der Waals surface area contributed by atoms with E-state index in [1.54, 1.807) is 0 Å². The molecular formula is C12H24N2O. The van der Waals surface area contributed by atoms with E-state index in [0.717, 1.165) is 32.0 Å². The Bertz CT molecular complexity index is 194. The first-order valence-electron chi connectivity index (χ1n) is 6.35. The van der Waals surface area contributed by atoms with Crippen molar-refractivity contribution < 1.29 is 4.74 Å². The summed E-state index contributed by atoms with van der Waals surface area (Å²) in [6.07, 6.45) is 5.45. The van der Waals surface area contributed by atoms with Gasteiger partial charge in [0, 0.05) is 25.7 Å². The first-order chi connectivity index (χ1) is 7.25. The van der Waals surface area contributed by atoms with E-state index in [0.29, 0.717) is 12.1 Å². The predicted molar refractivity (Wildman–Crippen MR) is 61.8 cm³/mol. The molecule has 15 heavy (non-hydrogen) atoms. The number of rotatable bonds is 4. The summed E-state index contributed by atoms with van der Waals surface area (Å²) in [7, 11) is 0. The van der Waals surface area contributed by atoms with Crippen LogP contribution in [0.15, 0.2) is 0 Å². The van der Waals surface area contributed by atoms with Gasteiger partial charge in [-0.25, -0.2) is 0 Å². The lowest BCUT2D eigenvalue weighted by Crippen LogP contribution is -2.35. The molecule has 88 valence electrons. The van der Waals surface area contributed by atoms with Crippen LogP contribution in [0.1, 0.15) is 32.6 Å². The SMILES string of the molecule is CC1CN(CCC(N)C2CC2)CCCO1. The Hall–Kier alpha value is -0.120. The molecule has 1 saturated carbocycles. The molecule has 2 rings (SSSR count). The van der Waals surface area contributed by atoms with Gasteiger partial charge >= 0.3 is 0 Å². The lowest BCUT2D eigenvalue weighted by Gasteiger charge is -2.23. The summed E-state index contributed by atoms with van der Waals surface area (Å²) < 4.78 is 5.63. The van der Waals surface area contributed by atoms with Gasteiger partial charge in [0.2, 0.25) is 0 Å². The normalized spacial score (nSPS) is 31.2. The fourth-order valence-corrected chi connectivity index (χ4v) is 2.38. The Kier molecular flexibility index (Phi) is 4.00. The highest BCUT2D eigenvalue weighted by Crippen LogP contribution is 2.32. The molecule has 0 aromatic carbocycles. The van der Waals surface area contributed by atoms with Crippen molar-refractivity contribution >= 4 is 0 Å². The summed E-state index contributed by atoms with van der Waals surface area (Å²) in [5.74, 6) is 0.839. The van der Waals surface area contributed by atoms with Gasteiger partial charge < -0.3 is 15.4 Å². The third-order valence-corrected chi connectivity index (χ3v) is 3.54. The fraction of sp³-hybridized carbons (Fsp3) is 1.00. The third kappa shape index (κ3) is 3.74. The molecule has 1 aliphatic heterocycles.